The van der Waals surface area contributed by atoms with Gasteiger partial charge in [-0.3, -0.25) is 0 Å². The summed E-state index contributed by atoms with van der Waals surface area (Å²) in [6.07, 6.45) is 7.18. The molecule has 1 saturated carbocycles. The Morgan fingerprint density at radius 2 is 1.78 bits per heavy atom. The quantitative estimate of drug-likeness (QED) is 0.108. The molecular weight excluding hydrogens is 733 g/mol. The molecule has 1 fully saturated rings. The highest BCUT2D eigenvalue weighted by atomic mass is 32.2. The number of thioether (sulfide) groups is 1. The number of nitrogens with zero attached hydrogens (tertiary/aromatic N) is 5. The van der Waals surface area contributed by atoms with E-state index in [4.69, 9.17) is 14.7 Å². The lowest BCUT2D eigenvalue weighted by Crippen LogP contribution is -2.37. The normalized spacial score (nSPS) is 21.1. The number of sulfonamides is 1. The van der Waals surface area contributed by atoms with Crippen LogP contribution in [0, 0.1) is 30.6 Å². The van der Waals surface area contributed by atoms with Crippen molar-refractivity contribution >= 4 is 56.1 Å². The fourth-order valence-electron chi connectivity index (χ4n) is 7.94. The molecule has 0 amide bonds. The number of hydrogen-bond donors (Lipinski definition) is 1. The molecule has 1 aromatic heterocycles. The zero-order valence-corrected chi connectivity index (χ0v) is 35.3. The van der Waals surface area contributed by atoms with E-state index in [0.717, 1.165) is 61.8 Å². The molecule has 2 aliphatic rings. The van der Waals surface area contributed by atoms with Gasteiger partial charge in [0.15, 0.2) is 16.8 Å². The Balaban J connectivity index is 1.64. The molecule has 2 heterocycles. The fraction of sp³-hybridized carbons (Fsp3) is 0.548. The Hall–Kier alpha value is -3.81. The molecule has 298 valence electrons. The molecule has 1 N–H and O–H groups in total. The maximum atomic E-state index is 14.7. The number of benzene rings is 2. The summed E-state index contributed by atoms with van der Waals surface area (Å²) >= 11 is 1.46. The highest BCUT2D eigenvalue weighted by Crippen LogP contribution is 2.40. The van der Waals surface area contributed by atoms with Crippen molar-refractivity contribution in [1.29, 1.82) is 0 Å². The number of carbonyl (C=O) groups is 1. The number of fused-ring (bicyclic) bond motifs is 1. The van der Waals surface area contributed by atoms with E-state index in [2.05, 4.69) is 49.2 Å². The summed E-state index contributed by atoms with van der Waals surface area (Å²) < 4.78 is 33.7. The van der Waals surface area contributed by atoms with Crippen LogP contribution >= 0.6 is 11.8 Å². The number of rotatable bonds is 17. The van der Waals surface area contributed by atoms with Crippen molar-refractivity contribution in [3.8, 4) is 0 Å². The molecule has 0 radical (unpaired) electrons. The number of nitrogens with one attached hydrogen (secondary N) is 1. The number of hydrogen-bond acceptors (Lipinski definition) is 10. The van der Waals surface area contributed by atoms with E-state index in [1.807, 2.05) is 62.4 Å². The molecule has 13 heteroatoms. The van der Waals surface area contributed by atoms with Crippen LogP contribution in [0.1, 0.15) is 97.0 Å². The predicted octanol–water partition coefficient (Wildman–Crippen LogP) is 7.75. The number of likely N-dealkylation sites (N-methyl/N-ethyl adjacent to an activating group) is 1. The predicted molar refractivity (Wildman–Crippen MR) is 225 cm³/mol. The van der Waals surface area contributed by atoms with Crippen molar-refractivity contribution in [2.24, 2.45) is 28.7 Å². The lowest BCUT2D eigenvalue weighted by atomic mass is 9.75. The monoisotopic (exact) mass is 790 g/mol. The second-order valence-electron chi connectivity index (χ2n) is 15.3. The van der Waals surface area contributed by atoms with E-state index < -0.39 is 21.7 Å². The van der Waals surface area contributed by atoms with Crippen molar-refractivity contribution < 1.29 is 17.9 Å². The van der Waals surface area contributed by atoms with Gasteiger partial charge in [0, 0.05) is 36.6 Å². The zero-order chi connectivity index (χ0) is 39.9. The summed E-state index contributed by atoms with van der Waals surface area (Å²) in [5, 5.41) is 0.337. The van der Waals surface area contributed by atoms with Gasteiger partial charge < -0.3 is 9.64 Å². The first-order chi connectivity index (χ1) is 26.2. The van der Waals surface area contributed by atoms with Gasteiger partial charge in [0.05, 0.1) is 11.9 Å². The van der Waals surface area contributed by atoms with Gasteiger partial charge in [-0.25, -0.2) is 37.3 Å². The van der Waals surface area contributed by atoms with Crippen LogP contribution in [0.2, 0.25) is 0 Å². The minimum atomic E-state index is -3.31. The molecule has 1 aliphatic carbocycles. The third-order valence-electron chi connectivity index (χ3n) is 10.8. The molecule has 55 heavy (non-hydrogen) atoms. The Kier molecular flexibility index (Phi) is 14.5. The molecule has 5 rings (SSSR count). The largest absolute Gasteiger partial charge is 0.458 e. The number of allylic oxidation sites excluding steroid dienone is 1. The van der Waals surface area contributed by atoms with Gasteiger partial charge in [0.2, 0.25) is 10.0 Å². The Morgan fingerprint density at radius 3 is 2.40 bits per heavy atom. The van der Waals surface area contributed by atoms with E-state index in [1.54, 1.807) is 0 Å². The smallest absolute Gasteiger partial charge is 0.357 e. The van der Waals surface area contributed by atoms with Crippen molar-refractivity contribution in [3.05, 3.63) is 76.0 Å². The summed E-state index contributed by atoms with van der Waals surface area (Å²) in [5.74, 6) is 2.08. The van der Waals surface area contributed by atoms with Crippen LogP contribution in [-0.2, 0) is 19.6 Å². The topological polar surface area (TPSA) is 136 Å². The molecule has 3 atom stereocenters. The van der Waals surface area contributed by atoms with E-state index in [9.17, 15) is 18.0 Å². The molecule has 0 saturated heterocycles. The summed E-state index contributed by atoms with van der Waals surface area (Å²) in [5.41, 5.74) is 3.19. The fourth-order valence-corrected chi connectivity index (χ4v) is 9.48. The zero-order valence-electron chi connectivity index (χ0n) is 33.7. The maximum absolute atomic E-state index is 14.7. The Bertz CT molecular complexity index is 2040. The maximum Gasteiger partial charge on any atom is 0.357 e. The third kappa shape index (κ3) is 10.5. The van der Waals surface area contributed by atoms with E-state index in [-0.39, 0.29) is 41.7 Å². The summed E-state index contributed by atoms with van der Waals surface area (Å²) in [6, 6.07) is 15.3. The van der Waals surface area contributed by atoms with Gasteiger partial charge in [-0.05, 0) is 86.1 Å². The van der Waals surface area contributed by atoms with Gasteiger partial charge in [-0.15, -0.1) is 0 Å². The average Bonchev–Trinajstić information content (AvgIpc) is 3.46. The minimum Gasteiger partial charge on any atom is -0.458 e. The third-order valence-corrected chi connectivity index (χ3v) is 12.6. The number of esters is 1. The van der Waals surface area contributed by atoms with Crippen molar-refractivity contribution in [2.45, 2.75) is 98.3 Å². The van der Waals surface area contributed by atoms with Crippen LogP contribution < -0.4 is 15.3 Å². The van der Waals surface area contributed by atoms with Crippen LogP contribution in [0.25, 0.3) is 11.1 Å². The number of ether oxygens (including phenoxy) is 1. The number of aliphatic imine (C=N–C) groups is 1. The molecule has 1 aliphatic heterocycles. The Morgan fingerprint density at radius 1 is 1.07 bits per heavy atom. The lowest BCUT2D eigenvalue weighted by molar-refractivity contribution is -0.150. The van der Waals surface area contributed by atoms with Crippen LogP contribution in [0.4, 0.5) is 11.4 Å². The molecule has 11 nitrogen and oxygen atoms in total. The lowest BCUT2D eigenvalue weighted by Gasteiger charge is -2.37. The Labute approximate surface area is 331 Å². The minimum absolute atomic E-state index is 0.178. The second-order valence-corrected chi connectivity index (χ2v) is 18.2. The molecule has 0 bridgehead atoms. The average molecular weight is 791 g/mol. The summed E-state index contributed by atoms with van der Waals surface area (Å²) in [6.45, 7) is 16.3. The first-order valence-corrected chi connectivity index (χ1v) is 22.7. The van der Waals surface area contributed by atoms with Crippen LogP contribution in [-0.4, -0.2) is 72.5 Å². The van der Waals surface area contributed by atoms with Gasteiger partial charge in [-0.1, -0.05) is 96.0 Å². The summed E-state index contributed by atoms with van der Waals surface area (Å²) in [7, 11) is -3.31. The molecule has 3 unspecified atom stereocenters. The van der Waals surface area contributed by atoms with Crippen LogP contribution in [0.15, 0.2) is 63.5 Å². The SMILES string of the molecule is CCCCC(CC)CSc1nc2n(c(=O)n1)C(=Nc1ccc(N(CC)CCNS(C)(=O)=O)cc1C)C(c1ccccc1)=C2C(=O)OC1C(C)CC(C)CC1C. The van der Waals surface area contributed by atoms with E-state index in [0.29, 0.717) is 46.9 Å². The first kappa shape index (κ1) is 42.3. The van der Waals surface area contributed by atoms with Gasteiger partial charge >= 0.3 is 11.7 Å². The molecular formula is C42H58N6O5S2. The number of unbranched alkanes of at least 4 members (excludes halogenated alkanes) is 1. The highest BCUT2D eigenvalue weighted by molar-refractivity contribution is 7.99. The van der Waals surface area contributed by atoms with Crippen molar-refractivity contribution in [3.63, 3.8) is 0 Å². The second kappa shape index (κ2) is 18.9. The van der Waals surface area contributed by atoms with E-state index >= 15 is 0 Å². The highest BCUT2D eigenvalue weighted by Gasteiger charge is 2.41. The number of aromatic nitrogens is 3. The van der Waals surface area contributed by atoms with Crippen molar-refractivity contribution in [1.82, 2.24) is 19.3 Å². The number of aryl methyl sites for hydroxylation is 1. The van der Waals surface area contributed by atoms with Gasteiger partial charge in [0.1, 0.15) is 11.7 Å². The van der Waals surface area contributed by atoms with Gasteiger partial charge in [0.25, 0.3) is 0 Å². The molecule has 3 aromatic rings. The molecule has 0 spiro atoms. The summed E-state index contributed by atoms with van der Waals surface area (Å²) in [4.78, 5) is 45.5. The first-order valence-electron chi connectivity index (χ1n) is 19.8. The van der Waals surface area contributed by atoms with E-state index in [1.165, 1.54) is 16.3 Å². The van der Waals surface area contributed by atoms with Crippen LogP contribution in [0.5, 0.6) is 0 Å². The van der Waals surface area contributed by atoms with Crippen molar-refractivity contribution in [2.75, 3.05) is 36.5 Å². The van der Waals surface area contributed by atoms with Gasteiger partial charge in [-0.2, -0.15) is 4.98 Å². The molecule has 2 aromatic carbocycles. The standard InChI is InChI=1S/C42H58N6O5S2/c1-9-12-16-31(10-2)26-54-41-45-39-36(40(49)53-37-29(6)23-27(4)24-30(37)7)35(32-17-14-13-15-18-32)38(48(39)42(50)46-41)44-34-20-19-33(25-28(34)5)47(11-3)22-21-43-55(8,51)52/h13-15,17-20,25,27,29-31,37,43H,9-12,16,21-24,26H2,1-8H3. The number of anilines is 1. The van der Waals surface area contributed by atoms with Crippen LogP contribution in [0.3, 0.4) is 0 Å². The number of carbonyl (C=O) groups excluding carboxylic acids is 1.